The minimum Gasteiger partial charge on any atom is -0.361 e. The van der Waals surface area contributed by atoms with Crippen LogP contribution in [0.3, 0.4) is 0 Å². The number of hydrogen-bond acceptors (Lipinski definition) is 2. The molecule has 0 aliphatic carbocycles. The van der Waals surface area contributed by atoms with E-state index in [9.17, 15) is 0 Å². The normalized spacial score (nSPS) is 21.5. The molecule has 2 nitrogen and oxygen atoms in total. The molecule has 1 unspecified atom stereocenters. The smallest absolute Gasteiger partial charge is 0.156 e. The molecule has 1 atom stereocenters. The lowest BCUT2D eigenvalue weighted by molar-refractivity contribution is 0.595. The van der Waals surface area contributed by atoms with Crippen molar-refractivity contribution in [1.82, 2.24) is 5.32 Å². The van der Waals surface area contributed by atoms with Crippen molar-refractivity contribution in [2.24, 2.45) is 10.9 Å². The summed E-state index contributed by atoms with van der Waals surface area (Å²) in [5, 5.41) is 4.66. The zero-order chi connectivity index (χ0) is 12.8. The lowest BCUT2D eigenvalue weighted by atomic mass is 10.1. The molecule has 1 N–H and O–H groups in total. The molecule has 1 saturated heterocycles. The molecular formula is C15H22N2S. The summed E-state index contributed by atoms with van der Waals surface area (Å²) >= 11 is 1.86. The molecule has 3 heteroatoms. The molecular weight excluding hydrogens is 240 g/mol. The molecule has 1 fully saturated rings. The molecule has 0 amide bonds. The Morgan fingerprint density at radius 3 is 2.83 bits per heavy atom. The third kappa shape index (κ3) is 4.37. The number of aliphatic imine (C=N–C) groups is 1. The summed E-state index contributed by atoms with van der Waals surface area (Å²) < 4.78 is 0. The topological polar surface area (TPSA) is 24.4 Å². The Morgan fingerprint density at radius 1 is 1.33 bits per heavy atom. The van der Waals surface area contributed by atoms with Gasteiger partial charge in [0.25, 0.3) is 0 Å². The number of nitrogens with one attached hydrogen (secondary N) is 1. The Bertz CT molecular complexity index is 387. The van der Waals surface area contributed by atoms with Crippen LogP contribution >= 0.6 is 11.8 Å². The van der Waals surface area contributed by atoms with E-state index in [1.807, 2.05) is 11.8 Å². The van der Waals surface area contributed by atoms with Crippen LogP contribution in [0.1, 0.15) is 25.8 Å². The summed E-state index contributed by atoms with van der Waals surface area (Å²) in [6, 6.07) is 11.2. The highest BCUT2D eigenvalue weighted by Crippen LogP contribution is 2.17. The fourth-order valence-electron chi connectivity index (χ4n) is 1.96. The standard InChI is InChI=1S/C15H22N2S/c1-12(2)8-9-16-15-17-14(11-18-15)10-13-6-4-3-5-7-13/h3-7,12,14H,8-11H2,1-2H3,(H,16,17). The molecule has 0 spiro atoms. The predicted octanol–water partition coefficient (Wildman–Crippen LogP) is 3.34. The third-order valence-electron chi connectivity index (χ3n) is 3.04. The van der Waals surface area contributed by atoms with Crippen LogP contribution in [0.15, 0.2) is 35.3 Å². The quantitative estimate of drug-likeness (QED) is 0.880. The minimum atomic E-state index is 0.537. The summed E-state index contributed by atoms with van der Waals surface area (Å²) in [6.45, 7) is 5.44. The van der Waals surface area contributed by atoms with Crippen molar-refractivity contribution in [3.05, 3.63) is 35.9 Å². The second-order valence-corrected chi connectivity index (χ2v) is 6.22. The molecule has 18 heavy (non-hydrogen) atoms. The number of rotatable bonds is 5. The van der Waals surface area contributed by atoms with Crippen molar-refractivity contribution >= 4 is 16.9 Å². The van der Waals surface area contributed by atoms with Crippen LogP contribution in [-0.4, -0.2) is 23.5 Å². The fraction of sp³-hybridized carbons (Fsp3) is 0.533. The summed E-state index contributed by atoms with van der Waals surface area (Å²) in [7, 11) is 0. The van der Waals surface area contributed by atoms with Crippen molar-refractivity contribution in [2.75, 3.05) is 12.3 Å². The van der Waals surface area contributed by atoms with Gasteiger partial charge in [-0.15, -0.1) is 0 Å². The monoisotopic (exact) mass is 262 g/mol. The largest absolute Gasteiger partial charge is 0.361 e. The van der Waals surface area contributed by atoms with E-state index >= 15 is 0 Å². The van der Waals surface area contributed by atoms with Crippen molar-refractivity contribution in [2.45, 2.75) is 32.7 Å². The van der Waals surface area contributed by atoms with Gasteiger partial charge in [0.05, 0.1) is 0 Å². The van der Waals surface area contributed by atoms with Gasteiger partial charge in [0.1, 0.15) is 0 Å². The maximum absolute atomic E-state index is 4.62. The van der Waals surface area contributed by atoms with Crippen LogP contribution in [0.2, 0.25) is 0 Å². The Kier molecular flexibility index (Phi) is 5.12. The number of amidine groups is 1. The van der Waals surface area contributed by atoms with Gasteiger partial charge in [-0.3, -0.25) is 4.99 Å². The molecule has 0 bridgehead atoms. The van der Waals surface area contributed by atoms with E-state index in [1.54, 1.807) is 0 Å². The summed E-state index contributed by atoms with van der Waals surface area (Å²) in [4.78, 5) is 4.62. The van der Waals surface area contributed by atoms with Gasteiger partial charge >= 0.3 is 0 Å². The first-order chi connectivity index (χ1) is 8.74. The van der Waals surface area contributed by atoms with E-state index in [1.165, 1.54) is 12.0 Å². The highest BCUT2D eigenvalue weighted by Gasteiger charge is 2.19. The minimum absolute atomic E-state index is 0.537. The van der Waals surface area contributed by atoms with E-state index < -0.39 is 0 Å². The maximum atomic E-state index is 4.62. The number of benzene rings is 1. The van der Waals surface area contributed by atoms with E-state index in [0.29, 0.717) is 6.04 Å². The van der Waals surface area contributed by atoms with Crippen LogP contribution in [0.5, 0.6) is 0 Å². The van der Waals surface area contributed by atoms with Gasteiger partial charge in [-0.25, -0.2) is 0 Å². The molecule has 1 aliphatic rings. The highest BCUT2D eigenvalue weighted by molar-refractivity contribution is 8.14. The first kappa shape index (κ1) is 13.5. The lowest BCUT2D eigenvalue weighted by Crippen LogP contribution is -2.29. The molecule has 98 valence electrons. The van der Waals surface area contributed by atoms with E-state index in [-0.39, 0.29) is 0 Å². The summed E-state index contributed by atoms with van der Waals surface area (Å²) in [6.07, 6.45) is 2.27. The van der Waals surface area contributed by atoms with Crippen LogP contribution < -0.4 is 5.32 Å². The van der Waals surface area contributed by atoms with E-state index in [0.717, 1.165) is 29.8 Å². The van der Waals surface area contributed by atoms with Gasteiger partial charge in [0.2, 0.25) is 0 Å². The van der Waals surface area contributed by atoms with Gasteiger partial charge in [-0.05, 0) is 24.3 Å². The fourth-order valence-corrected chi connectivity index (χ4v) is 2.95. The van der Waals surface area contributed by atoms with Crippen LogP contribution in [0.4, 0.5) is 0 Å². The Morgan fingerprint density at radius 2 is 2.11 bits per heavy atom. The van der Waals surface area contributed by atoms with Gasteiger partial charge in [-0.1, -0.05) is 55.9 Å². The Labute approximate surface area is 114 Å². The zero-order valence-electron chi connectivity index (χ0n) is 11.2. The molecule has 1 aromatic rings. The van der Waals surface area contributed by atoms with E-state index in [4.69, 9.17) is 0 Å². The van der Waals surface area contributed by atoms with Gasteiger partial charge in [0.15, 0.2) is 5.17 Å². The molecule has 0 saturated carbocycles. The lowest BCUT2D eigenvalue weighted by Gasteiger charge is -2.09. The number of hydrogen-bond donors (Lipinski definition) is 1. The highest BCUT2D eigenvalue weighted by atomic mass is 32.2. The molecule has 2 rings (SSSR count). The average Bonchev–Trinajstić information content (AvgIpc) is 2.78. The molecule has 1 aromatic carbocycles. The van der Waals surface area contributed by atoms with Crippen LogP contribution in [0.25, 0.3) is 0 Å². The molecule has 1 heterocycles. The number of nitrogens with zero attached hydrogens (tertiary/aromatic N) is 1. The Hall–Kier alpha value is -0.960. The van der Waals surface area contributed by atoms with Crippen LogP contribution in [0, 0.1) is 5.92 Å². The molecule has 0 radical (unpaired) electrons. The molecule has 0 aromatic heterocycles. The third-order valence-corrected chi connectivity index (χ3v) is 4.13. The zero-order valence-corrected chi connectivity index (χ0v) is 12.0. The first-order valence-corrected chi connectivity index (χ1v) is 7.70. The van der Waals surface area contributed by atoms with Crippen LogP contribution in [-0.2, 0) is 6.42 Å². The van der Waals surface area contributed by atoms with Gasteiger partial charge in [0, 0.05) is 18.3 Å². The SMILES string of the molecule is CC(C)CCN=C1NC(Cc2ccccc2)CS1. The Balaban J connectivity index is 1.78. The van der Waals surface area contributed by atoms with Crippen molar-refractivity contribution in [1.29, 1.82) is 0 Å². The molecule has 1 aliphatic heterocycles. The number of thioether (sulfide) groups is 1. The second kappa shape index (κ2) is 6.83. The van der Waals surface area contributed by atoms with E-state index in [2.05, 4.69) is 54.5 Å². The summed E-state index contributed by atoms with van der Waals surface area (Å²) in [5.41, 5.74) is 1.40. The second-order valence-electron chi connectivity index (χ2n) is 5.21. The first-order valence-electron chi connectivity index (χ1n) is 6.71. The maximum Gasteiger partial charge on any atom is 0.156 e. The van der Waals surface area contributed by atoms with Crippen molar-refractivity contribution in [3.63, 3.8) is 0 Å². The summed E-state index contributed by atoms with van der Waals surface area (Å²) in [5.74, 6) is 1.87. The van der Waals surface area contributed by atoms with Crippen molar-refractivity contribution in [3.8, 4) is 0 Å². The van der Waals surface area contributed by atoms with Gasteiger partial charge in [-0.2, -0.15) is 0 Å². The predicted molar refractivity (Wildman–Crippen MR) is 81.3 cm³/mol. The average molecular weight is 262 g/mol. The van der Waals surface area contributed by atoms with Crippen molar-refractivity contribution < 1.29 is 0 Å². The van der Waals surface area contributed by atoms with Gasteiger partial charge < -0.3 is 5.32 Å².